The number of amides is 1. The number of ether oxygens (including phenoxy) is 2. The SMILES string of the molecule is CCCN(C)C[C@@H]1OCCCC[C@@H](C)Oc2ccc(NS(=O)(=O)c3ccc(C)cc3)cc2C(=O)N([C@H](C)CO)C[C@H]1C. The highest BCUT2D eigenvalue weighted by atomic mass is 32.2. The van der Waals surface area contributed by atoms with E-state index in [-0.39, 0.29) is 46.8 Å². The van der Waals surface area contributed by atoms with Gasteiger partial charge in [0.25, 0.3) is 15.9 Å². The predicted octanol–water partition coefficient (Wildman–Crippen LogP) is 4.93. The zero-order valence-corrected chi connectivity index (χ0v) is 26.8. The molecule has 0 saturated heterocycles. The number of benzene rings is 2. The Hall–Kier alpha value is -2.66. The van der Waals surface area contributed by atoms with Crippen LogP contribution in [0.5, 0.6) is 5.75 Å². The van der Waals surface area contributed by atoms with Crippen LogP contribution >= 0.6 is 0 Å². The van der Waals surface area contributed by atoms with Crippen molar-refractivity contribution in [3.63, 3.8) is 0 Å². The molecule has 10 heteroatoms. The Kier molecular flexibility index (Phi) is 12.7. The number of nitrogens with one attached hydrogen (secondary N) is 1. The molecule has 0 bridgehead atoms. The number of hydrogen-bond acceptors (Lipinski definition) is 7. The molecule has 1 amide bonds. The zero-order chi connectivity index (χ0) is 30.9. The normalized spacial score (nSPS) is 21.8. The predicted molar refractivity (Wildman–Crippen MR) is 167 cm³/mol. The van der Waals surface area contributed by atoms with Crippen molar-refractivity contribution in [1.82, 2.24) is 9.80 Å². The molecular weight excluding hydrogens is 554 g/mol. The molecule has 0 fully saturated rings. The fraction of sp³-hybridized carbons (Fsp3) is 0.594. The molecule has 0 saturated carbocycles. The molecule has 9 nitrogen and oxygen atoms in total. The Labute approximate surface area is 252 Å². The van der Waals surface area contributed by atoms with E-state index in [1.807, 2.05) is 13.8 Å². The first-order valence-electron chi connectivity index (χ1n) is 15.1. The van der Waals surface area contributed by atoms with Crippen LogP contribution in [0.15, 0.2) is 47.4 Å². The lowest BCUT2D eigenvalue weighted by atomic mass is 10.0. The van der Waals surface area contributed by atoms with Gasteiger partial charge in [0.15, 0.2) is 0 Å². The van der Waals surface area contributed by atoms with Crippen LogP contribution in [0.4, 0.5) is 5.69 Å². The van der Waals surface area contributed by atoms with E-state index in [1.165, 1.54) is 6.07 Å². The van der Waals surface area contributed by atoms with Gasteiger partial charge < -0.3 is 24.4 Å². The number of aliphatic hydroxyl groups excluding tert-OH is 1. The van der Waals surface area contributed by atoms with Crippen LogP contribution in [0.3, 0.4) is 0 Å². The summed E-state index contributed by atoms with van der Waals surface area (Å²) in [7, 11) is -1.80. The lowest BCUT2D eigenvalue weighted by Crippen LogP contribution is -2.47. The maximum absolute atomic E-state index is 14.2. The van der Waals surface area contributed by atoms with E-state index in [1.54, 1.807) is 48.2 Å². The molecule has 2 aromatic rings. The Morgan fingerprint density at radius 2 is 1.86 bits per heavy atom. The van der Waals surface area contributed by atoms with Gasteiger partial charge in [-0.3, -0.25) is 9.52 Å². The van der Waals surface area contributed by atoms with Gasteiger partial charge in [0.05, 0.1) is 35.3 Å². The smallest absolute Gasteiger partial charge is 0.261 e. The van der Waals surface area contributed by atoms with Crippen molar-refractivity contribution in [1.29, 1.82) is 0 Å². The third-order valence-electron chi connectivity index (χ3n) is 7.73. The summed E-state index contributed by atoms with van der Waals surface area (Å²) in [5.74, 6) is 0.0394. The van der Waals surface area contributed by atoms with Crippen LogP contribution in [0.1, 0.15) is 69.3 Å². The first kappa shape index (κ1) is 33.8. The Morgan fingerprint density at radius 3 is 2.52 bits per heavy atom. The van der Waals surface area contributed by atoms with Gasteiger partial charge in [0, 0.05) is 31.3 Å². The number of anilines is 1. The van der Waals surface area contributed by atoms with Gasteiger partial charge in [-0.15, -0.1) is 0 Å². The molecule has 0 radical (unpaired) electrons. The Morgan fingerprint density at radius 1 is 1.14 bits per heavy atom. The first-order valence-corrected chi connectivity index (χ1v) is 16.6. The summed E-state index contributed by atoms with van der Waals surface area (Å²) in [6.07, 6.45) is 3.38. The molecule has 0 aliphatic carbocycles. The molecule has 0 aromatic heterocycles. The van der Waals surface area contributed by atoms with Gasteiger partial charge in [-0.25, -0.2) is 8.42 Å². The summed E-state index contributed by atoms with van der Waals surface area (Å²) in [5, 5.41) is 10.1. The molecule has 234 valence electrons. The van der Waals surface area contributed by atoms with Crippen LogP contribution in [-0.2, 0) is 14.8 Å². The lowest BCUT2D eigenvalue weighted by molar-refractivity contribution is -0.0167. The van der Waals surface area contributed by atoms with E-state index in [9.17, 15) is 18.3 Å². The average Bonchev–Trinajstić information content (AvgIpc) is 2.94. The quantitative estimate of drug-likeness (QED) is 0.418. The highest BCUT2D eigenvalue weighted by Crippen LogP contribution is 2.29. The van der Waals surface area contributed by atoms with Crippen molar-refractivity contribution >= 4 is 21.6 Å². The first-order chi connectivity index (χ1) is 19.9. The van der Waals surface area contributed by atoms with Gasteiger partial charge in [-0.1, -0.05) is 31.5 Å². The number of nitrogens with zero attached hydrogens (tertiary/aromatic N) is 2. The van der Waals surface area contributed by atoms with E-state index in [4.69, 9.17) is 9.47 Å². The summed E-state index contributed by atoms with van der Waals surface area (Å²) in [4.78, 5) is 18.3. The van der Waals surface area contributed by atoms with Crippen molar-refractivity contribution in [2.45, 2.75) is 83.4 Å². The number of carbonyl (C=O) groups is 1. The number of carbonyl (C=O) groups excluding carboxylic acids is 1. The lowest BCUT2D eigenvalue weighted by Gasteiger charge is -2.35. The third kappa shape index (κ3) is 9.42. The summed E-state index contributed by atoms with van der Waals surface area (Å²) in [6.45, 7) is 12.4. The average molecular weight is 604 g/mol. The van der Waals surface area contributed by atoms with E-state index >= 15 is 0 Å². The standard InChI is InChI=1S/C32H49N3O6S/c1-7-17-34(6)21-31-24(3)20-35(25(4)22-36)32(37)29-19-27(33-42(38,39)28-14-11-23(2)12-15-28)13-16-30(29)41-26(5)10-8-9-18-40-31/h11-16,19,24-26,31,33,36H,7-10,17-18,20-22H2,1-6H3/t24-,25-,26-,31+/m1/s1. The van der Waals surface area contributed by atoms with Gasteiger partial charge in [-0.2, -0.15) is 0 Å². The van der Waals surface area contributed by atoms with Crippen LogP contribution in [0.2, 0.25) is 0 Å². The Balaban J connectivity index is 2.00. The monoisotopic (exact) mass is 603 g/mol. The molecule has 4 atom stereocenters. The molecule has 0 unspecified atom stereocenters. The number of aryl methyl sites for hydroxylation is 1. The van der Waals surface area contributed by atoms with Crippen LogP contribution < -0.4 is 9.46 Å². The number of fused-ring (bicyclic) bond motifs is 1. The topological polar surface area (TPSA) is 108 Å². The van der Waals surface area contributed by atoms with E-state index in [0.717, 1.165) is 44.3 Å². The minimum absolute atomic E-state index is 0.0169. The van der Waals surface area contributed by atoms with Gasteiger partial charge >= 0.3 is 0 Å². The summed E-state index contributed by atoms with van der Waals surface area (Å²) in [6, 6.07) is 10.9. The number of rotatable bonds is 9. The molecule has 2 N–H and O–H groups in total. The number of aliphatic hydroxyl groups is 1. The van der Waals surface area contributed by atoms with E-state index in [2.05, 4.69) is 30.5 Å². The second-order valence-electron chi connectivity index (χ2n) is 11.7. The van der Waals surface area contributed by atoms with E-state index < -0.39 is 16.1 Å². The molecule has 1 aliphatic rings. The summed E-state index contributed by atoms with van der Waals surface area (Å²) >= 11 is 0. The highest BCUT2D eigenvalue weighted by Gasteiger charge is 2.30. The summed E-state index contributed by atoms with van der Waals surface area (Å²) in [5.41, 5.74) is 1.46. The molecular formula is C32H49N3O6S. The molecule has 1 aliphatic heterocycles. The molecule has 2 aromatic carbocycles. The van der Waals surface area contributed by atoms with Gasteiger partial charge in [-0.05, 0) is 90.4 Å². The highest BCUT2D eigenvalue weighted by molar-refractivity contribution is 7.92. The fourth-order valence-corrected chi connectivity index (χ4v) is 6.21. The van der Waals surface area contributed by atoms with Crippen molar-refractivity contribution in [2.24, 2.45) is 5.92 Å². The largest absolute Gasteiger partial charge is 0.490 e. The van der Waals surface area contributed by atoms with Crippen LogP contribution in [-0.4, -0.2) is 87.4 Å². The van der Waals surface area contributed by atoms with E-state index in [0.29, 0.717) is 18.9 Å². The number of hydrogen-bond donors (Lipinski definition) is 2. The van der Waals surface area contributed by atoms with Crippen molar-refractivity contribution in [3.8, 4) is 5.75 Å². The van der Waals surface area contributed by atoms with Crippen LogP contribution in [0, 0.1) is 12.8 Å². The second kappa shape index (κ2) is 15.7. The van der Waals surface area contributed by atoms with Crippen molar-refractivity contribution in [2.75, 3.05) is 44.6 Å². The second-order valence-corrected chi connectivity index (χ2v) is 13.4. The maximum atomic E-state index is 14.2. The zero-order valence-electron chi connectivity index (χ0n) is 26.0. The van der Waals surface area contributed by atoms with Gasteiger partial charge in [0.1, 0.15) is 5.75 Å². The molecule has 0 spiro atoms. The number of likely N-dealkylation sites (N-methyl/N-ethyl adjacent to an activating group) is 1. The number of sulfonamides is 1. The van der Waals surface area contributed by atoms with Gasteiger partial charge in [0.2, 0.25) is 0 Å². The Bertz CT molecular complexity index is 1250. The third-order valence-corrected chi connectivity index (χ3v) is 9.13. The maximum Gasteiger partial charge on any atom is 0.261 e. The van der Waals surface area contributed by atoms with Crippen molar-refractivity contribution in [3.05, 3.63) is 53.6 Å². The molecule has 42 heavy (non-hydrogen) atoms. The molecule has 3 rings (SSSR count). The van der Waals surface area contributed by atoms with Crippen molar-refractivity contribution < 1.29 is 27.8 Å². The van der Waals surface area contributed by atoms with Crippen LogP contribution in [0.25, 0.3) is 0 Å². The molecule has 1 heterocycles. The minimum Gasteiger partial charge on any atom is -0.490 e. The summed E-state index contributed by atoms with van der Waals surface area (Å²) < 4.78 is 41.5. The minimum atomic E-state index is -3.88. The fourth-order valence-electron chi connectivity index (χ4n) is 5.16.